The van der Waals surface area contributed by atoms with Crippen LogP contribution in [-0.2, 0) is 22.6 Å². The first-order chi connectivity index (χ1) is 17.3. The summed E-state index contributed by atoms with van der Waals surface area (Å²) in [5, 5.41) is 5.33. The van der Waals surface area contributed by atoms with Crippen LogP contribution in [0.4, 0.5) is 10.5 Å². The number of carbonyl (C=O) groups is 3. The molecule has 0 radical (unpaired) electrons. The molecule has 0 aliphatic carbocycles. The molecular formula is C27H23BrIN3O4. The predicted molar refractivity (Wildman–Crippen MR) is 150 cm³/mol. The third-order valence-electron chi connectivity index (χ3n) is 5.51. The van der Waals surface area contributed by atoms with Gasteiger partial charge in [-0.1, -0.05) is 43.3 Å². The Bertz CT molecular complexity index is 1340. The first-order valence-electron chi connectivity index (χ1n) is 11.2. The zero-order valence-electron chi connectivity index (χ0n) is 19.4. The molecule has 0 saturated carbocycles. The average Bonchev–Trinajstić information content (AvgIpc) is 3.12. The molecule has 1 fully saturated rings. The van der Waals surface area contributed by atoms with Gasteiger partial charge < -0.3 is 15.4 Å². The molecule has 184 valence electrons. The van der Waals surface area contributed by atoms with Gasteiger partial charge >= 0.3 is 6.03 Å². The number of carbonyl (C=O) groups excluding carboxylic acids is 3. The van der Waals surface area contributed by atoms with Crippen molar-refractivity contribution in [3.8, 4) is 5.75 Å². The van der Waals surface area contributed by atoms with Crippen molar-refractivity contribution in [2.75, 3.05) is 11.9 Å². The van der Waals surface area contributed by atoms with Crippen LogP contribution < -0.4 is 15.4 Å². The largest absolute Gasteiger partial charge is 0.488 e. The van der Waals surface area contributed by atoms with Gasteiger partial charge in [-0.2, -0.15) is 0 Å². The number of nitrogens with one attached hydrogen (secondary N) is 2. The zero-order valence-corrected chi connectivity index (χ0v) is 23.1. The van der Waals surface area contributed by atoms with Crippen LogP contribution in [0, 0.1) is 3.57 Å². The molecule has 0 atom stereocenters. The number of imide groups is 1. The molecule has 0 unspecified atom stereocenters. The number of urea groups is 1. The number of ether oxygens (including phenoxy) is 1. The fraction of sp³-hybridized carbons (Fsp3) is 0.148. The number of anilines is 1. The lowest BCUT2D eigenvalue weighted by molar-refractivity contribution is -0.127. The van der Waals surface area contributed by atoms with Crippen molar-refractivity contribution in [1.29, 1.82) is 0 Å². The summed E-state index contributed by atoms with van der Waals surface area (Å²) in [7, 11) is 0. The molecule has 2 N–H and O–H groups in total. The summed E-state index contributed by atoms with van der Waals surface area (Å²) in [4.78, 5) is 38.6. The van der Waals surface area contributed by atoms with E-state index < -0.39 is 17.8 Å². The van der Waals surface area contributed by atoms with E-state index >= 15 is 0 Å². The predicted octanol–water partition coefficient (Wildman–Crippen LogP) is 5.73. The highest BCUT2D eigenvalue weighted by atomic mass is 127. The molecule has 4 rings (SSSR count). The molecule has 7 nitrogen and oxygen atoms in total. The zero-order chi connectivity index (χ0) is 25.7. The number of nitrogens with zero attached hydrogens (tertiary/aromatic N) is 1. The summed E-state index contributed by atoms with van der Waals surface area (Å²) < 4.78 is 7.76. The second-order valence-electron chi connectivity index (χ2n) is 8.04. The molecular weight excluding hydrogens is 637 g/mol. The average molecular weight is 660 g/mol. The van der Waals surface area contributed by atoms with Crippen LogP contribution in [0.5, 0.6) is 5.75 Å². The minimum Gasteiger partial charge on any atom is -0.488 e. The Labute approximate surface area is 231 Å². The van der Waals surface area contributed by atoms with Crippen LogP contribution >= 0.6 is 38.5 Å². The molecule has 1 saturated heterocycles. The highest BCUT2D eigenvalue weighted by Crippen LogP contribution is 2.28. The van der Waals surface area contributed by atoms with E-state index in [1.807, 2.05) is 49.4 Å². The van der Waals surface area contributed by atoms with Crippen LogP contribution in [0.1, 0.15) is 23.6 Å². The molecule has 0 spiro atoms. The number of para-hydroxylation sites is 1. The van der Waals surface area contributed by atoms with Gasteiger partial charge in [0.25, 0.3) is 5.91 Å². The number of hydrogen-bond acceptors (Lipinski definition) is 4. The third-order valence-corrected chi connectivity index (χ3v) is 6.85. The summed E-state index contributed by atoms with van der Waals surface area (Å²) in [5.41, 5.74) is 3.48. The molecule has 0 aromatic heterocycles. The number of halogens is 2. The van der Waals surface area contributed by atoms with E-state index in [0.29, 0.717) is 28.1 Å². The van der Waals surface area contributed by atoms with Gasteiger partial charge in [0.05, 0.1) is 4.47 Å². The minimum absolute atomic E-state index is 0.0983. The standard InChI is InChI=1S/C27H23BrIN3O4/c1-2-19-5-3-4-6-22(19)30-25(33)15-32-26(34)23(31-27(32)35)14-18-9-12-24(21(28)13-18)36-16-17-7-10-20(29)11-8-17/h3-14H,2,15-16H2,1H3,(H,30,33)(H,31,35)/b23-14+. The van der Waals surface area contributed by atoms with Gasteiger partial charge in [-0.05, 0) is 98.0 Å². The Balaban J connectivity index is 1.40. The van der Waals surface area contributed by atoms with Crippen LogP contribution in [-0.4, -0.2) is 29.3 Å². The van der Waals surface area contributed by atoms with Crippen molar-refractivity contribution < 1.29 is 19.1 Å². The number of hydrogen-bond donors (Lipinski definition) is 2. The first-order valence-corrected chi connectivity index (χ1v) is 13.1. The second-order valence-corrected chi connectivity index (χ2v) is 10.1. The van der Waals surface area contributed by atoms with E-state index in [1.165, 1.54) is 0 Å². The fourth-order valence-corrected chi connectivity index (χ4v) is 4.50. The van der Waals surface area contributed by atoms with Crippen LogP contribution in [0.3, 0.4) is 0 Å². The summed E-state index contributed by atoms with van der Waals surface area (Å²) in [5.74, 6) is -0.352. The van der Waals surface area contributed by atoms with Crippen molar-refractivity contribution in [3.05, 3.63) is 97.2 Å². The normalized spacial score (nSPS) is 14.2. The number of rotatable bonds is 8. The summed E-state index contributed by atoms with van der Waals surface area (Å²) in [6.07, 6.45) is 2.32. The molecule has 36 heavy (non-hydrogen) atoms. The van der Waals surface area contributed by atoms with E-state index in [4.69, 9.17) is 4.74 Å². The van der Waals surface area contributed by atoms with Crippen molar-refractivity contribution in [3.63, 3.8) is 0 Å². The first kappa shape index (κ1) is 25.9. The van der Waals surface area contributed by atoms with Gasteiger partial charge in [-0.15, -0.1) is 0 Å². The lowest BCUT2D eigenvalue weighted by atomic mass is 10.1. The molecule has 9 heteroatoms. The maximum absolute atomic E-state index is 12.8. The van der Waals surface area contributed by atoms with Crippen molar-refractivity contribution in [1.82, 2.24) is 10.2 Å². The Morgan fingerprint density at radius 3 is 2.58 bits per heavy atom. The van der Waals surface area contributed by atoms with Gasteiger partial charge in [-0.25, -0.2) is 9.69 Å². The van der Waals surface area contributed by atoms with E-state index in [-0.39, 0.29) is 12.2 Å². The SMILES string of the molecule is CCc1ccccc1NC(=O)CN1C(=O)N/C(=C/c2ccc(OCc3ccc(I)cc3)c(Br)c2)C1=O. The fourth-order valence-electron chi connectivity index (χ4n) is 3.63. The molecule has 1 aliphatic rings. The molecule has 1 heterocycles. The van der Waals surface area contributed by atoms with Crippen LogP contribution in [0.25, 0.3) is 6.08 Å². The van der Waals surface area contributed by atoms with Gasteiger partial charge in [-0.3, -0.25) is 9.59 Å². The molecule has 3 aromatic rings. The highest BCUT2D eigenvalue weighted by molar-refractivity contribution is 14.1. The molecule has 3 aromatic carbocycles. The Kier molecular flexibility index (Phi) is 8.42. The summed E-state index contributed by atoms with van der Waals surface area (Å²) in [6, 6.07) is 20.2. The number of benzene rings is 3. The van der Waals surface area contributed by atoms with E-state index in [0.717, 1.165) is 26.0 Å². The molecule has 4 amide bonds. The molecule has 1 aliphatic heterocycles. The van der Waals surface area contributed by atoms with E-state index in [2.05, 4.69) is 49.2 Å². The quantitative estimate of drug-likeness (QED) is 0.184. The lowest BCUT2D eigenvalue weighted by Crippen LogP contribution is -2.38. The Hall–Kier alpha value is -3.18. The van der Waals surface area contributed by atoms with Crippen molar-refractivity contribution >= 4 is 68.1 Å². The van der Waals surface area contributed by atoms with Crippen LogP contribution in [0.15, 0.2) is 76.9 Å². The van der Waals surface area contributed by atoms with Gasteiger partial charge in [0.15, 0.2) is 0 Å². The smallest absolute Gasteiger partial charge is 0.329 e. The topological polar surface area (TPSA) is 87.7 Å². The van der Waals surface area contributed by atoms with E-state index in [9.17, 15) is 14.4 Å². The minimum atomic E-state index is -0.637. The molecule has 0 bridgehead atoms. The van der Waals surface area contributed by atoms with Gasteiger partial charge in [0.1, 0.15) is 24.6 Å². The maximum Gasteiger partial charge on any atom is 0.329 e. The maximum atomic E-state index is 12.8. The Morgan fingerprint density at radius 1 is 1.11 bits per heavy atom. The second kappa shape index (κ2) is 11.7. The third kappa shape index (κ3) is 6.33. The van der Waals surface area contributed by atoms with Crippen molar-refractivity contribution in [2.45, 2.75) is 20.0 Å². The Morgan fingerprint density at radius 2 is 1.86 bits per heavy atom. The lowest BCUT2D eigenvalue weighted by Gasteiger charge is -2.13. The van der Waals surface area contributed by atoms with Gasteiger partial charge in [0.2, 0.25) is 5.91 Å². The van der Waals surface area contributed by atoms with Crippen LogP contribution in [0.2, 0.25) is 0 Å². The summed E-state index contributed by atoms with van der Waals surface area (Å²) in [6.45, 7) is 2.03. The van der Waals surface area contributed by atoms with Gasteiger partial charge in [0, 0.05) is 9.26 Å². The van der Waals surface area contributed by atoms with E-state index in [1.54, 1.807) is 30.3 Å². The summed E-state index contributed by atoms with van der Waals surface area (Å²) >= 11 is 5.76. The highest BCUT2D eigenvalue weighted by Gasteiger charge is 2.35. The number of amides is 4. The monoisotopic (exact) mass is 659 g/mol. The van der Waals surface area contributed by atoms with Crippen molar-refractivity contribution in [2.24, 2.45) is 0 Å². The number of aryl methyl sites for hydroxylation is 1.